The van der Waals surface area contributed by atoms with Gasteiger partial charge in [0.15, 0.2) is 0 Å². The smallest absolute Gasteiger partial charge is 0.136 e. The monoisotopic (exact) mass is 628 g/mol. The van der Waals surface area contributed by atoms with E-state index < -0.39 is 0 Å². The van der Waals surface area contributed by atoms with E-state index in [4.69, 9.17) is 14.4 Å². The summed E-state index contributed by atoms with van der Waals surface area (Å²) < 4.78 is 8.93. The van der Waals surface area contributed by atoms with Gasteiger partial charge in [-0.25, -0.2) is 9.97 Å². The second-order valence-electron chi connectivity index (χ2n) is 12.5. The molecule has 0 N–H and O–H groups in total. The number of rotatable bonds is 2. The summed E-state index contributed by atoms with van der Waals surface area (Å²) >= 11 is 1.87. The molecule has 0 fully saturated rings. The number of fused-ring (bicyclic) bond motifs is 13. The SMILES string of the molecule is c1ccc2nc(-c3ccc4c(c3)oc3ccccc34)c(-c3ccc4c(ccc5ccc6c(ccc7sc8ccccc8c76)c54)c3)nc2c1. The molecule has 4 heteroatoms. The second-order valence-corrected chi connectivity index (χ2v) is 13.6. The van der Waals surface area contributed by atoms with Crippen molar-refractivity contribution >= 4 is 96.8 Å². The molecule has 0 spiro atoms. The number of thiophene rings is 1. The molecule has 48 heavy (non-hydrogen) atoms. The molecule has 0 aliphatic rings. The number of nitrogens with zero attached hydrogens (tertiary/aromatic N) is 2. The van der Waals surface area contributed by atoms with E-state index in [0.717, 1.165) is 55.5 Å². The van der Waals surface area contributed by atoms with Crippen LogP contribution in [0.4, 0.5) is 0 Å². The molecule has 0 aliphatic carbocycles. The Morgan fingerprint density at radius 2 is 1.00 bits per heavy atom. The zero-order valence-corrected chi connectivity index (χ0v) is 26.4. The van der Waals surface area contributed by atoms with Crippen molar-refractivity contribution in [1.82, 2.24) is 9.97 Å². The molecule has 3 aromatic heterocycles. The maximum Gasteiger partial charge on any atom is 0.136 e. The van der Waals surface area contributed by atoms with Gasteiger partial charge in [0.2, 0.25) is 0 Å². The van der Waals surface area contributed by atoms with Gasteiger partial charge in [0.05, 0.1) is 22.4 Å². The number of aromatic nitrogens is 2. The molecule has 0 amide bonds. The normalized spacial score (nSPS) is 12.2. The zero-order valence-electron chi connectivity index (χ0n) is 25.6. The molecule has 0 saturated carbocycles. The highest BCUT2D eigenvalue weighted by atomic mass is 32.1. The number of hydrogen-bond donors (Lipinski definition) is 0. The molecule has 11 aromatic rings. The van der Waals surface area contributed by atoms with E-state index in [0.29, 0.717) is 0 Å². The van der Waals surface area contributed by atoms with Crippen LogP contribution in [0.1, 0.15) is 0 Å². The van der Waals surface area contributed by atoms with Gasteiger partial charge in [-0.05, 0) is 80.8 Å². The van der Waals surface area contributed by atoms with Gasteiger partial charge in [0.1, 0.15) is 11.2 Å². The Bertz CT molecular complexity index is 3130. The van der Waals surface area contributed by atoms with Crippen molar-refractivity contribution < 1.29 is 4.42 Å². The maximum absolute atomic E-state index is 6.28. The first-order valence-corrected chi connectivity index (χ1v) is 17.0. The van der Waals surface area contributed by atoms with E-state index in [9.17, 15) is 0 Å². The molecule has 11 rings (SSSR count). The molecule has 3 heterocycles. The fraction of sp³-hybridized carbons (Fsp3) is 0. The number of benzene rings is 8. The van der Waals surface area contributed by atoms with E-state index in [1.807, 2.05) is 47.7 Å². The Hall–Kier alpha value is -6.10. The van der Waals surface area contributed by atoms with Crippen LogP contribution in [-0.2, 0) is 0 Å². The molecule has 0 radical (unpaired) electrons. The molecular formula is C44H24N2OS. The van der Waals surface area contributed by atoms with Crippen molar-refractivity contribution in [2.75, 3.05) is 0 Å². The Balaban J connectivity index is 1.15. The largest absolute Gasteiger partial charge is 0.456 e. The van der Waals surface area contributed by atoms with Crippen molar-refractivity contribution in [2.45, 2.75) is 0 Å². The van der Waals surface area contributed by atoms with E-state index in [1.54, 1.807) is 0 Å². The van der Waals surface area contributed by atoms with Gasteiger partial charge in [-0.2, -0.15) is 0 Å². The molecule has 3 nitrogen and oxygen atoms in total. The van der Waals surface area contributed by atoms with Gasteiger partial charge in [0, 0.05) is 42.1 Å². The van der Waals surface area contributed by atoms with Crippen LogP contribution in [-0.4, -0.2) is 9.97 Å². The quantitative estimate of drug-likeness (QED) is 0.179. The molecule has 0 bridgehead atoms. The van der Waals surface area contributed by atoms with Gasteiger partial charge in [0.25, 0.3) is 0 Å². The summed E-state index contributed by atoms with van der Waals surface area (Å²) in [4.78, 5) is 10.4. The first-order chi connectivity index (χ1) is 23.8. The topological polar surface area (TPSA) is 38.9 Å². The average Bonchev–Trinajstić information content (AvgIpc) is 3.72. The first-order valence-electron chi connectivity index (χ1n) is 16.2. The van der Waals surface area contributed by atoms with Crippen molar-refractivity contribution in [3.63, 3.8) is 0 Å². The molecule has 0 saturated heterocycles. The van der Waals surface area contributed by atoms with Crippen LogP contribution >= 0.6 is 11.3 Å². The van der Waals surface area contributed by atoms with Gasteiger partial charge < -0.3 is 4.42 Å². The first kappa shape index (κ1) is 26.0. The lowest BCUT2D eigenvalue weighted by Crippen LogP contribution is -1.95. The number of hydrogen-bond acceptors (Lipinski definition) is 4. The van der Waals surface area contributed by atoms with Crippen LogP contribution < -0.4 is 0 Å². The third-order valence-electron chi connectivity index (χ3n) is 9.83. The Labute approximate surface area is 278 Å². The predicted molar refractivity (Wildman–Crippen MR) is 203 cm³/mol. The average molecular weight is 629 g/mol. The summed E-state index contributed by atoms with van der Waals surface area (Å²) in [5, 5.41) is 12.4. The van der Waals surface area contributed by atoms with E-state index in [1.165, 1.54) is 52.5 Å². The van der Waals surface area contributed by atoms with Crippen molar-refractivity contribution in [3.05, 3.63) is 146 Å². The van der Waals surface area contributed by atoms with Gasteiger partial charge in [-0.3, -0.25) is 0 Å². The van der Waals surface area contributed by atoms with E-state index >= 15 is 0 Å². The van der Waals surface area contributed by atoms with Gasteiger partial charge in [-0.1, -0.05) is 97.1 Å². The van der Waals surface area contributed by atoms with Crippen molar-refractivity contribution in [1.29, 1.82) is 0 Å². The highest BCUT2D eigenvalue weighted by molar-refractivity contribution is 7.26. The molecular weight excluding hydrogens is 605 g/mol. The van der Waals surface area contributed by atoms with E-state index in [-0.39, 0.29) is 0 Å². The summed E-state index contributed by atoms with van der Waals surface area (Å²) in [6, 6.07) is 51.8. The number of para-hydroxylation sites is 3. The minimum Gasteiger partial charge on any atom is -0.456 e. The third kappa shape index (κ3) is 3.69. The molecule has 0 atom stereocenters. The fourth-order valence-corrected chi connectivity index (χ4v) is 8.74. The standard InChI is InChI=1S/C44H24N2OS/c1-5-11-37-30(7-1)31-19-17-28(24-38(31)47-37)44-43(45-35-9-3-4-10-36(35)46-44)27-16-18-29-26(23-27)14-13-25-15-20-33-32(41(25)29)21-22-40-42(33)34-8-2-6-12-39(34)48-40/h1-24H. The lowest BCUT2D eigenvalue weighted by Gasteiger charge is -2.13. The highest BCUT2D eigenvalue weighted by Crippen LogP contribution is 2.43. The van der Waals surface area contributed by atoms with Crippen molar-refractivity contribution in [3.8, 4) is 22.5 Å². The predicted octanol–water partition coefficient (Wildman–Crippen LogP) is 12.7. The molecule has 8 aromatic carbocycles. The van der Waals surface area contributed by atoms with E-state index in [2.05, 4.69) is 109 Å². The van der Waals surface area contributed by atoms with Crippen LogP contribution in [0.3, 0.4) is 0 Å². The van der Waals surface area contributed by atoms with Crippen LogP contribution in [0.25, 0.3) is 108 Å². The minimum atomic E-state index is 0.841. The Morgan fingerprint density at radius 3 is 1.85 bits per heavy atom. The molecule has 0 unspecified atom stereocenters. The van der Waals surface area contributed by atoms with Crippen LogP contribution in [0.2, 0.25) is 0 Å². The third-order valence-corrected chi connectivity index (χ3v) is 11.0. The number of furan rings is 1. The van der Waals surface area contributed by atoms with Crippen LogP contribution in [0.15, 0.2) is 150 Å². The summed E-state index contributed by atoms with van der Waals surface area (Å²) in [7, 11) is 0. The second kappa shape index (κ2) is 9.71. The lowest BCUT2D eigenvalue weighted by atomic mass is 9.93. The minimum absolute atomic E-state index is 0.841. The van der Waals surface area contributed by atoms with Gasteiger partial charge in [-0.15, -0.1) is 11.3 Å². The van der Waals surface area contributed by atoms with Crippen LogP contribution in [0, 0.1) is 0 Å². The maximum atomic E-state index is 6.28. The highest BCUT2D eigenvalue weighted by Gasteiger charge is 2.17. The summed E-state index contributed by atoms with van der Waals surface area (Å²) in [6.07, 6.45) is 0. The van der Waals surface area contributed by atoms with Crippen LogP contribution in [0.5, 0.6) is 0 Å². The van der Waals surface area contributed by atoms with Gasteiger partial charge >= 0.3 is 0 Å². The Kier molecular flexibility index (Phi) is 5.26. The fourth-order valence-electron chi connectivity index (χ4n) is 7.62. The zero-order chi connectivity index (χ0) is 31.3. The molecule has 0 aliphatic heterocycles. The summed E-state index contributed by atoms with van der Waals surface area (Å²) in [6.45, 7) is 0. The Morgan fingerprint density at radius 1 is 0.396 bits per heavy atom. The van der Waals surface area contributed by atoms with Crippen molar-refractivity contribution in [2.24, 2.45) is 0 Å². The summed E-state index contributed by atoms with van der Waals surface area (Å²) in [5.74, 6) is 0. The summed E-state index contributed by atoms with van der Waals surface area (Å²) in [5.41, 5.74) is 7.18. The molecule has 222 valence electrons. The lowest BCUT2D eigenvalue weighted by molar-refractivity contribution is 0.669.